The average molecular weight is 372 g/mol. The topological polar surface area (TPSA) is 106 Å². The van der Waals surface area contributed by atoms with Crippen molar-refractivity contribution in [3.63, 3.8) is 0 Å². The van der Waals surface area contributed by atoms with Crippen LogP contribution in [0.2, 0.25) is 0 Å². The SMILES string of the molecule is COc1cc(OC)cc(C(=O)N/N=C\c2ccc(N(C)C)c([N+](=O)[O-])c2)c1. The summed E-state index contributed by atoms with van der Waals surface area (Å²) in [6, 6.07) is 9.42. The number of ether oxygens (including phenoxy) is 2. The van der Waals surface area contributed by atoms with Gasteiger partial charge in [0.2, 0.25) is 0 Å². The van der Waals surface area contributed by atoms with Gasteiger partial charge in [0.05, 0.1) is 25.4 Å². The van der Waals surface area contributed by atoms with Crippen LogP contribution in [-0.2, 0) is 0 Å². The number of anilines is 1. The van der Waals surface area contributed by atoms with Crippen LogP contribution in [0.25, 0.3) is 0 Å². The van der Waals surface area contributed by atoms with Crippen LogP contribution in [0.3, 0.4) is 0 Å². The maximum absolute atomic E-state index is 12.2. The van der Waals surface area contributed by atoms with Crippen LogP contribution in [0.15, 0.2) is 41.5 Å². The zero-order valence-electron chi connectivity index (χ0n) is 15.4. The van der Waals surface area contributed by atoms with Crippen molar-refractivity contribution in [1.82, 2.24) is 5.43 Å². The van der Waals surface area contributed by atoms with E-state index in [-0.39, 0.29) is 5.69 Å². The van der Waals surface area contributed by atoms with E-state index in [9.17, 15) is 14.9 Å². The van der Waals surface area contributed by atoms with Gasteiger partial charge in [0.1, 0.15) is 17.2 Å². The van der Waals surface area contributed by atoms with Crippen LogP contribution < -0.4 is 19.8 Å². The molecule has 2 aromatic carbocycles. The number of nitro benzene ring substituents is 1. The first kappa shape index (κ1) is 19.7. The summed E-state index contributed by atoms with van der Waals surface area (Å²) in [6.07, 6.45) is 1.34. The lowest BCUT2D eigenvalue weighted by Crippen LogP contribution is -2.17. The number of nitrogens with one attached hydrogen (secondary N) is 1. The first-order chi connectivity index (χ1) is 12.8. The first-order valence-corrected chi connectivity index (χ1v) is 7.88. The fourth-order valence-corrected chi connectivity index (χ4v) is 2.31. The molecule has 27 heavy (non-hydrogen) atoms. The molecule has 2 rings (SSSR count). The summed E-state index contributed by atoms with van der Waals surface area (Å²) in [5.74, 6) is 0.472. The van der Waals surface area contributed by atoms with Crippen LogP contribution in [-0.4, -0.2) is 45.4 Å². The Morgan fingerprint density at radius 2 is 1.78 bits per heavy atom. The normalized spacial score (nSPS) is 10.5. The molecule has 0 aliphatic carbocycles. The van der Waals surface area contributed by atoms with Gasteiger partial charge in [0.15, 0.2) is 0 Å². The summed E-state index contributed by atoms with van der Waals surface area (Å²) >= 11 is 0. The monoisotopic (exact) mass is 372 g/mol. The van der Waals surface area contributed by atoms with E-state index in [4.69, 9.17) is 9.47 Å². The van der Waals surface area contributed by atoms with E-state index in [0.29, 0.717) is 28.3 Å². The smallest absolute Gasteiger partial charge is 0.293 e. The van der Waals surface area contributed by atoms with Crippen LogP contribution >= 0.6 is 0 Å². The van der Waals surface area contributed by atoms with Gasteiger partial charge >= 0.3 is 0 Å². The quantitative estimate of drug-likeness (QED) is 0.454. The zero-order chi connectivity index (χ0) is 20.0. The minimum Gasteiger partial charge on any atom is -0.497 e. The van der Waals surface area contributed by atoms with Crippen LogP contribution in [0, 0.1) is 10.1 Å². The average Bonchev–Trinajstić information content (AvgIpc) is 2.66. The van der Waals surface area contributed by atoms with Gasteiger partial charge in [0, 0.05) is 37.4 Å². The molecule has 0 aliphatic rings. The molecule has 0 spiro atoms. The van der Waals surface area contributed by atoms with E-state index in [0.717, 1.165) is 0 Å². The largest absolute Gasteiger partial charge is 0.497 e. The molecule has 9 nitrogen and oxygen atoms in total. The minimum absolute atomic E-state index is 0.0483. The van der Waals surface area contributed by atoms with Crippen molar-refractivity contribution in [2.75, 3.05) is 33.2 Å². The molecule has 0 atom stereocenters. The second-order valence-electron chi connectivity index (χ2n) is 5.70. The Morgan fingerprint density at radius 3 is 2.30 bits per heavy atom. The highest BCUT2D eigenvalue weighted by molar-refractivity contribution is 5.95. The minimum atomic E-state index is -0.470. The molecule has 1 amide bonds. The fraction of sp³-hybridized carbons (Fsp3) is 0.222. The molecule has 0 aromatic heterocycles. The van der Waals surface area contributed by atoms with Crippen LogP contribution in [0.5, 0.6) is 11.5 Å². The third-order valence-electron chi connectivity index (χ3n) is 3.67. The van der Waals surface area contributed by atoms with Gasteiger partial charge in [-0.2, -0.15) is 5.10 Å². The Kier molecular flexibility index (Phi) is 6.32. The Morgan fingerprint density at radius 1 is 1.15 bits per heavy atom. The highest BCUT2D eigenvalue weighted by Crippen LogP contribution is 2.27. The van der Waals surface area contributed by atoms with Gasteiger partial charge in [-0.1, -0.05) is 6.07 Å². The summed E-state index contributed by atoms with van der Waals surface area (Å²) in [7, 11) is 6.41. The summed E-state index contributed by atoms with van der Waals surface area (Å²) in [5, 5.41) is 15.1. The summed E-state index contributed by atoms with van der Waals surface area (Å²) in [5.41, 5.74) is 3.59. The van der Waals surface area contributed by atoms with Gasteiger partial charge < -0.3 is 14.4 Å². The Bertz CT molecular complexity index is 858. The summed E-state index contributed by atoms with van der Waals surface area (Å²) < 4.78 is 10.2. The van der Waals surface area contributed by atoms with Crippen molar-refractivity contribution in [3.8, 4) is 11.5 Å². The van der Waals surface area contributed by atoms with Crippen molar-refractivity contribution in [3.05, 3.63) is 57.6 Å². The van der Waals surface area contributed by atoms with E-state index in [2.05, 4.69) is 10.5 Å². The molecule has 0 saturated heterocycles. The van der Waals surface area contributed by atoms with E-state index in [1.807, 2.05) is 0 Å². The first-order valence-electron chi connectivity index (χ1n) is 7.88. The van der Waals surface area contributed by atoms with E-state index < -0.39 is 10.8 Å². The maximum Gasteiger partial charge on any atom is 0.293 e. The molecule has 142 valence electrons. The third-order valence-corrected chi connectivity index (χ3v) is 3.67. The van der Waals surface area contributed by atoms with Gasteiger partial charge in [-0.15, -0.1) is 0 Å². The summed E-state index contributed by atoms with van der Waals surface area (Å²) in [6.45, 7) is 0. The molecule has 0 radical (unpaired) electrons. The zero-order valence-corrected chi connectivity index (χ0v) is 15.4. The molecular formula is C18H20N4O5. The van der Waals surface area contributed by atoms with Crippen molar-refractivity contribution in [2.24, 2.45) is 5.10 Å². The Balaban J connectivity index is 2.16. The number of nitrogens with zero attached hydrogens (tertiary/aromatic N) is 3. The number of amides is 1. The number of methoxy groups -OCH3 is 2. The molecule has 2 aromatic rings. The van der Waals surface area contributed by atoms with Gasteiger partial charge in [0.25, 0.3) is 11.6 Å². The maximum atomic E-state index is 12.2. The van der Waals surface area contributed by atoms with E-state index in [1.165, 1.54) is 26.5 Å². The van der Waals surface area contributed by atoms with Crippen molar-refractivity contribution in [1.29, 1.82) is 0 Å². The number of carbonyl (C=O) groups is 1. The predicted molar refractivity (Wildman–Crippen MR) is 102 cm³/mol. The molecule has 1 N–H and O–H groups in total. The predicted octanol–water partition coefficient (Wildman–Crippen LogP) is 2.44. The van der Waals surface area contributed by atoms with Crippen molar-refractivity contribution < 1.29 is 19.2 Å². The lowest BCUT2D eigenvalue weighted by Gasteiger charge is -2.12. The number of hydrazone groups is 1. The van der Waals surface area contributed by atoms with Crippen molar-refractivity contribution >= 4 is 23.5 Å². The number of rotatable bonds is 7. The Labute approximate surface area is 156 Å². The molecule has 0 fully saturated rings. The van der Waals surface area contributed by atoms with Gasteiger partial charge in [-0.3, -0.25) is 14.9 Å². The van der Waals surface area contributed by atoms with E-state index in [1.54, 1.807) is 49.3 Å². The summed E-state index contributed by atoms with van der Waals surface area (Å²) in [4.78, 5) is 24.6. The number of hydrogen-bond acceptors (Lipinski definition) is 7. The second kappa shape index (κ2) is 8.65. The standard InChI is InChI=1S/C18H20N4O5/c1-21(2)16-6-5-12(7-17(16)22(24)25)11-19-20-18(23)13-8-14(26-3)10-15(9-13)27-4/h5-11H,1-4H3,(H,20,23)/b19-11-. The molecule has 9 heteroatoms. The number of hydrogen-bond donors (Lipinski definition) is 1. The Hall–Kier alpha value is -3.62. The molecule has 0 saturated carbocycles. The van der Waals surface area contributed by atoms with Crippen molar-refractivity contribution in [2.45, 2.75) is 0 Å². The fourth-order valence-electron chi connectivity index (χ4n) is 2.31. The second-order valence-corrected chi connectivity index (χ2v) is 5.70. The van der Waals surface area contributed by atoms with Crippen LogP contribution in [0.1, 0.15) is 15.9 Å². The highest BCUT2D eigenvalue weighted by Gasteiger charge is 2.15. The van der Waals surface area contributed by atoms with Gasteiger partial charge in [-0.05, 0) is 18.2 Å². The molecular weight excluding hydrogens is 352 g/mol. The molecule has 0 unspecified atom stereocenters. The van der Waals surface area contributed by atoms with E-state index >= 15 is 0 Å². The lowest BCUT2D eigenvalue weighted by atomic mass is 10.2. The molecule has 0 bridgehead atoms. The van der Waals surface area contributed by atoms with Gasteiger partial charge in [-0.25, -0.2) is 5.43 Å². The third kappa shape index (κ3) is 4.94. The molecule has 0 aliphatic heterocycles. The number of nitro groups is 1. The number of benzene rings is 2. The lowest BCUT2D eigenvalue weighted by molar-refractivity contribution is -0.384. The molecule has 0 heterocycles. The number of carbonyl (C=O) groups excluding carboxylic acids is 1. The highest BCUT2D eigenvalue weighted by atomic mass is 16.6. The van der Waals surface area contributed by atoms with Crippen LogP contribution in [0.4, 0.5) is 11.4 Å².